The van der Waals surface area contributed by atoms with Crippen molar-refractivity contribution < 1.29 is 22.7 Å². The van der Waals surface area contributed by atoms with Crippen molar-refractivity contribution in [3.05, 3.63) is 99.1 Å². The number of hydrazone groups is 1. The largest absolute Gasteiger partial charge is 0.487 e. The first-order valence-electron chi connectivity index (χ1n) is 11.1. The molecule has 0 bridgehead atoms. The Labute approximate surface area is 267 Å². The molecule has 0 radical (unpaired) electrons. The molecule has 6 nitrogen and oxygen atoms in total. The lowest BCUT2D eigenvalue weighted by molar-refractivity contribution is -0.137. The normalized spacial score (nSPS) is 11.5. The number of nitrogens with zero attached hydrogens (tertiary/aromatic N) is 2. The Hall–Kier alpha value is -1.99. The van der Waals surface area contributed by atoms with E-state index in [1.54, 1.807) is 11.6 Å². The summed E-state index contributed by atoms with van der Waals surface area (Å²) in [5.41, 5.74) is 4.33. The van der Waals surface area contributed by atoms with E-state index >= 15 is 0 Å². The lowest BCUT2D eigenvalue weighted by Gasteiger charge is -2.11. The van der Waals surface area contributed by atoms with E-state index in [9.17, 15) is 18.0 Å². The zero-order valence-corrected chi connectivity index (χ0v) is 27.0. The van der Waals surface area contributed by atoms with Gasteiger partial charge in [-0.25, -0.2) is 10.4 Å². The van der Waals surface area contributed by atoms with Gasteiger partial charge in [-0.1, -0.05) is 18.2 Å². The van der Waals surface area contributed by atoms with Gasteiger partial charge in [0.05, 0.1) is 31.0 Å². The molecule has 4 rings (SSSR count). The molecule has 1 heterocycles. The Morgan fingerprint density at radius 2 is 1.77 bits per heavy atom. The monoisotopic (exact) mass is 888 g/mol. The molecule has 0 saturated heterocycles. The molecule has 13 heteroatoms. The van der Waals surface area contributed by atoms with Crippen LogP contribution in [-0.2, 0) is 24.0 Å². The van der Waals surface area contributed by atoms with Crippen LogP contribution in [-0.4, -0.2) is 17.1 Å². The minimum Gasteiger partial charge on any atom is -0.487 e. The van der Waals surface area contributed by atoms with Crippen LogP contribution >= 0.6 is 79.1 Å². The van der Waals surface area contributed by atoms with Crippen LogP contribution in [0.2, 0.25) is 0 Å². The van der Waals surface area contributed by atoms with Gasteiger partial charge in [-0.05, 0) is 121 Å². The highest BCUT2D eigenvalue weighted by Crippen LogP contribution is 2.32. The summed E-state index contributed by atoms with van der Waals surface area (Å²) in [6.07, 6.45) is -2.91. The summed E-state index contributed by atoms with van der Waals surface area (Å²) >= 11 is 7.87. The molecule has 0 unspecified atom stereocenters. The standard InChI is InChI=1S/C26H18F3I3N4O2S/c27-26(28,29)17-2-1-3-19(10-17)34-25-35-20(14-39-25)11-23(37)36-33-12-16-8-21(31)24(22(32)9-16)38-13-15-4-6-18(30)7-5-15/h1-10,12,14H,11,13H2,(H,34,35)(H,36,37)/b33-12-. The fourth-order valence-electron chi connectivity index (χ4n) is 3.25. The van der Waals surface area contributed by atoms with E-state index in [4.69, 9.17) is 4.74 Å². The molecular formula is C26H18F3I3N4O2S. The Bertz CT molecular complexity index is 1470. The third-order valence-electron chi connectivity index (χ3n) is 5.05. The number of carbonyl (C=O) groups is 1. The predicted molar refractivity (Wildman–Crippen MR) is 172 cm³/mol. The number of hydrogen-bond acceptors (Lipinski definition) is 6. The summed E-state index contributed by atoms with van der Waals surface area (Å²) in [4.78, 5) is 16.6. The Morgan fingerprint density at radius 3 is 2.46 bits per heavy atom. The zero-order chi connectivity index (χ0) is 28.0. The average molecular weight is 888 g/mol. The van der Waals surface area contributed by atoms with Crippen LogP contribution < -0.4 is 15.5 Å². The van der Waals surface area contributed by atoms with Crippen LogP contribution in [0.3, 0.4) is 0 Å². The van der Waals surface area contributed by atoms with Gasteiger partial charge in [0.2, 0.25) is 5.91 Å². The molecule has 1 aromatic heterocycles. The van der Waals surface area contributed by atoms with E-state index in [-0.39, 0.29) is 18.0 Å². The second kappa shape index (κ2) is 13.6. The van der Waals surface area contributed by atoms with Crippen LogP contribution in [0.4, 0.5) is 24.0 Å². The van der Waals surface area contributed by atoms with E-state index < -0.39 is 11.7 Å². The van der Waals surface area contributed by atoms with Crippen molar-refractivity contribution in [3.8, 4) is 5.75 Å². The highest BCUT2D eigenvalue weighted by molar-refractivity contribution is 14.1. The molecule has 4 aromatic rings. The molecule has 0 aliphatic heterocycles. The van der Waals surface area contributed by atoms with Crippen molar-refractivity contribution >= 4 is 102 Å². The van der Waals surface area contributed by atoms with Gasteiger partial charge in [-0.3, -0.25) is 4.79 Å². The number of aromatic nitrogens is 1. The maximum Gasteiger partial charge on any atom is 0.416 e. The first-order chi connectivity index (χ1) is 18.6. The third-order valence-corrected chi connectivity index (χ3v) is 8.18. The van der Waals surface area contributed by atoms with Crippen LogP contribution in [0.15, 0.2) is 71.1 Å². The molecule has 3 aromatic carbocycles. The lowest BCUT2D eigenvalue weighted by Crippen LogP contribution is -2.20. The van der Waals surface area contributed by atoms with E-state index in [1.165, 1.54) is 27.0 Å². The third kappa shape index (κ3) is 9.01. The number of benzene rings is 3. The van der Waals surface area contributed by atoms with Crippen molar-refractivity contribution in [2.45, 2.75) is 19.2 Å². The maximum absolute atomic E-state index is 12.9. The quantitative estimate of drug-likeness (QED) is 0.102. The number of anilines is 2. The molecule has 202 valence electrons. The minimum absolute atomic E-state index is 0.0293. The molecule has 0 aliphatic rings. The lowest BCUT2D eigenvalue weighted by atomic mass is 10.2. The summed E-state index contributed by atoms with van der Waals surface area (Å²) in [6, 6.07) is 16.8. The van der Waals surface area contributed by atoms with Crippen molar-refractivity contribution in [1.29, 1.82) is 0 Å². The van der Waals surface area contributed by atoms with Gasteiger partial charge in [-0.15, -0.1) is 11.3 Å². The molecule has 0 aliphatic carbocycles. The first-order valence-corrected chi connectivity index (χ1v) is 15.3. The summed E-state index contributed by atoms with van der Waals surface area (Å²) < 4.78 is 47.8. The average Bonchev–Trinajstić information content (AvgIpc) is 3.30. The molecule has 0 saturated carbocycles. The maximum atomic E-state index is 12.9. The Balaban J connectivity index is 1.29. The number of ether oxygens (including phenoxy) is 1. The van der Waals surface area contributed by atoms with E-state index in [0.717, 1.165) is 36.1 Å². The van der Waals surface area contributed by atoms with Gasteiger partial charge >= 0.3 is 6.18 Å². The van der Waals surface area contributed by atoms with E-state index in [0.29, 0.717) is 17.4 Å². The van der Waals surface area contributed by atoms with Crippen molar-refractivity contribution in [1.82, 2.24) is 10.4 Å². The molecular weight excluding hydrogens is 870 g/mol. The fourth-order valence-corrected chi connectivity index (χ4v) is 6.47. The van der Waals surface area contributed by atoms with E-state index in [2.05, 4.69) is 88.6 Å². The highest BCUT2D eigenvalue weighted by atomic mass is 127. The van der Waals surface area contributed by atoms with Crippen LogP contribution in [0.25, 0.3) is 0 Å². The number of halogens is 6. The number of amides is 1. The molecule has 2 N–H and O–H groups in total. The second-order valence-electron chi connectivity index (χ2n) is 8.05. The zero-order valence-electron chi connectivity index (χ0n) is 19.7. The van der Waals surface area contributed by atoms with Gasteiger partial charge in [-0.2, -0.15) is 18.3 Å². The molecule has 0 spiro atoms. The van der Waals surface area contributed by atoms with Gasteiger partial charge in [0, 0.05) is 14.6 Å². The van der Waals surface area contributed by atoms with Gasteiger partial charge < -0.3 is 10.1 Å². The number of alkyl halides is 3. The van der Waals surface area contributed by atoms with Crippen LogP contribution in [0.1, 0.15) is 22.4 Å². The predicted octanol–water partition coefficient (Wildman–Crippen LogP) is 7.99. The molecule has 0 atom stereocenters. The number of nitrogens with one attached hydrogen (secondary N) is 2. The fraction of sp³-hybridized carbons (Fsp3) is 0.115. The highest BCUT2D eigenvalue weighted by Gasteiger charge is 2.30. The van der Waals surface area contributed by atoms with Gasteiger partial charge in [0.1, 0.15) is 12.4 Å². The summed E-state index contributed by atoms with van der Waals surface area (Å²) in [6.45, 7) is 0.459. The summed E-state index contributed by atoms with van der Waals surface area (Å²) in [7, 11) is 0. The van der Waals surface area contributed by atoms with Crippen LogP contribution in [0.5, 0.6) is 5.75 Å². The number of hydrogen-bond donors (Lipinski definition) is 2. The molecule has 1 amide bonds. The van der Waals surface area contributed by atoms with Gasteiger partial charge in [0.25, 0.3) is 0 Å². The minimum atomic E-state index is -4.43. The van der Waals surface area contributed by atoms with E-state index in [1.807, 2.05) is 36.4 Å². The summed E-state index contributed by atoms with van der Waals surface area (Å²) in [5.74, 6) is 0.415. The first kappa shape index (κ1) is 30.0. The van der Waals surface area contributed by atoms with Crippen molar-refractivity contribution in [3.63, 3.8) is 0 Å². The Kier molecular flexibility index (Phi) is 10.4. The van der Waals surface area contributed by atoms with Crippen molar-refractivity contribution in [2.75, 3.05) is 5.32 Å². The molecule has 39 heavy (non-hydrogen) atoms. The smallest absolute Gasteiger partial charge is 0.416 e. The number of carbonyl (C=O) groups excluding carboxylic acids is 1. The number of thiazole rings is 1. The summed E-state index contributed by atoms with van der Waals surface area (Å²) in [5, 5.41) is 8.93. The Morgan fingerprint density at radius 1 is 1.05 bits per heavy atom. The topological polar surface area (TPSA) is 75.6 Å². The van der Waals surface area contributed by atoms with Crippen molar-refractivity contribution in [2.24, 2.45) is 5.10 Å². The SMILES string of the molecule is O=C(Cc1csc(Nc2cccc(C(F)(F)F)c2)n1)N/N=C\c1cc(I)c(OCc2ccc(I)cc2)c(I)c1. The van der Waals surface area contributed by atoms with Crippen LogP contribution in [0, 0.1) is 10.7 Å². The molecule has 0 fully saturated rings. The number of rotatable bonds is 9. The van der Waals surface area contributed by atoms with Gasteiger partial charge in [0.15, 0.2) is 5.13 Å². The second-order valence-corrected chi connectivity index (χ2v) is 12.5.